The molecule has 2 N–H and O–H groups in total. The minimum atomic E-state index is 0.431. The second kappa shape index (κ2) is 13.1. The summed E-state index contributed by atoms with van der Waals surface area (Å²) in [4.78, 5) is 7.11. The summed E-state index contributed by atoms with van der Waals surface area (Å²) in [5.74, 6) is 2.57. The first-order chi connectivity index (χ1) is 14.2. The molecule has 0 aromatic heterocycles. The number of aliphatic imine (C=N–C) groups is 1. The number of anilines is 1. The molecule has 1 heterocycles. The molecule has 0 bridgehead atoms. The lowest BCUT2D eigenvalue weighted by molar-refractivity contribution is 0.144. The quantitative estimate of drug-likeness (QED) is 0.334. The molecule has 0 saturated carbocycles. The topological polar surface area (TPSA) is 67.4 Å². The van der Waals surface area contributed by atoms with E-state index in [1.54, 1.807) is 14.2 Å². The second-order valence-electron chi connectivity index (χ2n) is 7.14. The van der Waals surface area contributed by atoms with E-state index in [4.69, 9.17) is 19.2 Å². The van der Waals surface area contributed by atoms with Crippen molar-refractivity contribution in [2.75, 3.05) is 58.5 Å². The maximum atomic E-state index is 5.41. The number of hydrogen-bond acceptors (Lipinski definition) is 5. The molecule has 1 aromatic carbocycles. The van der Waals surface area contributed by atoms with Crippen LogP contribution in [0.3, 0.4) is 0 Å². The van der Waals surface area contributed by atoms with Crippen molar-refractivity contribution < 1.29 is 14.2 Å². The van der Waals surface area contributed by atoms with Crippen LogP contribution in [0, 0.1) is 0 Å². The number of hydrogen-bond donors (Lipinski definition) is 2. The predicted molar refractivity (Wildman–Crippen MR) is 120 cm³/mol. The van der Waals surface area contributed by atoms with Crippen molar-refractivity contribution in [1.82, 2.24) is 10.6 Å². The lowest BCUT2D eigenvalue weighted by atomic mass is 10.0. The molecule has 0 unspecified atom stereocenters. The van der Waals surface area contributed by atoms with Crippen LogP contribution in [0.15, 0.2) is 23.2 Å². The van der Waals surface area contributed by atoms with Crippen LogP contribution in [0.2, 0.25) is 0 Å². The number of piperidine rings is 1. The molecule has 0 radical (unpaired) electrons. The molecule has 1 aliphatic heterocycles. The normalized spacial score (nSPS) is 15.3. The van der Waals surface area contributed by atoms with Crippen molar-refractivity contribution in [3.63, 3.8) is 0 Å². The minimum absolute atomic E-state index is 0.431. The number of nitrogens with one attached hydrogen (secondary N) is 2. The van der Waals surface area contributed by atoms with Gasteiger partial charge in [0.25, 0.3) is 0 Å². The van der Waals surface area contributed by atoms with E-state index in [9.17, 15) is 0 Å². The van der Waals surface area contributed by atoms with E-state index in [0.717, 1.165) is 88.2 Å². The molecular weight excluding hydrogens is 368 g/mol. The average molecular weight is 407 g/mol. The monoisotopic (exact) mass is 406 g/mol. The lowest BCUT2D eigenvalue weighted by Gasteiger charge is -2.34. The Hall–Kier alpha value is -2.15. The van der Waals surface area contributed by atoms with Gasteiger partial charge in [0.1, 0.15) is 11.5 Å². The molecule has 1 aromatic rings. The Kier molecular flexibility index (Phi) is 10.5. The standard InChI is InChI=1S/C22H38N4O3/c1-5-23-22(24-11-7-8-14-29-6-2)25-18-9-12-26(13-10-18)19-15-20(27-3)17-21(16-19)28-4/h15-18H,5-14H2,1-4H3,(H2,23,24,25). The van der Waals surface area contributed by atoms with E-state index in [2.05, 4.69) is 34.6 Å². The molecule has 1 aliphatic rings. The van der Waals surface area contributed by atoms with Crippen molar-refractivity contribution in [3.05, 3.63) is 18.2 Å². The summed E-state index contributed by atoms with van der Waals surface area (Å²) in [6.45, 7) is 9.41. The number of benzene rings is 1. The molecule has 29 heavy (non-hydrogen) atoms. The zero-order valence-electron chi connectivity index (χ0n) is 18.5. The first-order valence-corrected chi connectivity index (χ1v) is 10.8. The van der Waals surface area contributed by atoms with Crippen molar-refractivity contribution in [1.29, 1.82) is 0 Å². The number of ether oxygens (including phenoxy) is 3. The number of unbranched alkanes of at least 4 members (excludes halogenated alkanes) is 1. The van der Waals surface area contributed by atoms with Crippen molar-refractivity contribution in [2.45, 2.75) is 45.6 Å². The van der Waals surface area contributed by atoms with Gasteiger partial charge < -0.3 is 29.7 Å². The summed E-state index contributed by atoms with van der Waals surface area (Å²) in [5.41, 5.74) is 1.15. The smallest absolute Gasteiger partial charge is 0.191 e. The number of nitrogens with zero attached hydrogens (tertiary/aromatic N) is 2. The number of guanidine groups is 1. The fourth-order valence-electron chi connectivity index (χ4n) is 3.42. The van der Waals surface area contributed by atoms with Gasteiger partial charge in [-0.25, -0.2) is 0 Å². The lowest BCUT2D eigenvalue weighted by Crippen LogP contribution is -2.48. The van der Waals surface area contributed by atoms with Crippen molar-refractivity contribution in [2.24, 2.45) is 4.99 Å². The average Bonchev–Trinajstić information content (AvgIpc) is 2.76. The molecule has 0 amide bonds. The summed E-state index contributed by atoms with van der Waals surface area (Å²) in [7, 11) is 3.38. The van der Waals surface area contributed by atoms with Crippen LogP contribution in [-0.2, 0) is 4.74 Å². The van der Waals surface area contributed by atoms with E-state index >= 15 is 0 Å². The molecule has 7 nitrogen and oxygen atoms in total. The number of methoxy groups -OCH3 is 2. The van der Waals surface area contributed by atoms with Crippen LogP contribution in [0.5, 0.6) is 11.5 Å². The Morgan fingerprint density at radius 3 is 2.34 bits per heavy atom. The van der Waals surface area contributed by atoms with Crippen LogP contribution < -0.4 is 25.0 Å². The third-order valence-corrected chi connectivity index (χ3v) is 5.05. The number of rotatable bonds is 11. The molecule has 1 saturated heterocycles. The van der Waals surface area contributed by atoms with Gasteiger partial charge in [0.2, 0.25) is 0 Å². The molecule has 0 spiro atoms. The fraction of sp³-hybridized carbons (Fsp3) is 0.682. The Morgan fingerprint density at radius 1 is 1.07 bits per heavy atom. The third kappa shape index (κ3) is 8.01. The van der Waals surface area contributed by atoms with E-state index in [1.807, 2.05) is 13.0 Å². The van der Waals surface area contributed by atoms with Gasteiger partial charge in [-0.2, -0.15) is 0 Å². The summed E-state index contributed by atoms with van der Waals surface area (Å²) in [6, 6.07) is 6.49. The van der Waals surface area contributed by atoms with E-state index in [1.165, 1.54) is 0 Å². The highest BCUT2D eigenvalue weighted by atomic mass is 16.5. The first kappa shape index (κ1) is 23.1. The molecule has 0 atom stereocenters. The summed E-state index contributed by atoms with van der Waals surface area (Å²) in [5, 5.41) is 6.97. The van der Waals surface area contributed by atoms with E-state index in [-0.39, 0.29) is 0 Å². The van der Waals surface area contributed by atoms with Gasteiger partial charge in [-0.05, 0) is 39.5 Å². The zero-order valence-corrected chi connectivity index (χ0v) is 18.5. The second-order valence-corrected chi connectivity index (χ2v) is 7.14. The van der Waals surface area contributed by atoms with Gasteiger partial charge in [-0.15, -0.1) is 0 Å². The Labute approximate surface area is 175 Å². The highest BCUT2D eigenvalue weighted by Gasteiger charge is 2.21. The summed E-state index contributed by atoms with van der Waals surface area (Å²) >= 11 is 0. The largest absolute Gasteiger partial charge is 0.497 e. The third-order valence-electron chi connectivity index (χ3n) is 5.05. The SMILES string of the molecule is CCNC(=NCCCCOCC)NC1CCN(c2cc(OC)cc(OC)c2)CC1. The molecule has 0 aliphatic carbocycles. The van der Waals surface area contributed by atoms with Crippen LogP contribution in [0.4, 0.5) is 5.69 Å². The first-order valence-electron chi connectivity index (χ1n) is 10.8. The Morgan fingerprint density at radius 2 is 1.76 bits per heavy atom. The minimum Gasteiger partial charge on any atom is -0.497 e. The molecule has 1 fully saturated rings. The maximum absolute atomic E-state index is 5.41. The fourth-order valence-corrected chi connectivity index (χ4v) is 3.42. The molecular formula is C22H38N4O3. The van der Waals surface area contributed by atoms with E-state index in [0.29, 0.717) is 6.04 Å². The van der Waals surface area contributed by atoms with Crippen LogP contribution in [0.25, 0.3) is 0 Å². The molecule has 7 heteroatoms. The van der Waals surface area contributed by atoms with Gasteiger partial charge in [-0.1, -0.05) is 0 Å². The predicted octanol–water partition coefficient (Wildman–Crippen LogP) is 3.04. The summed E-state index contributed by atoms with van der Waals surface area (Å²) in [6.07, 6.45) is 4.23. The molecule has 2 rings (SSSR count). The Balaban J connectivity index is 1.84. The van der Waals surface area contributed by atoms with Crippen molar-refractivity contribution >= 4 is 11.6 Å². The van der Waals surface area contributed by atoms with Crippen LogP contribution >= 0.6 is 0 Å². The van der Waals surface area contributed by atoms with Gasteiger partial charge in [0, 0.05) is 69.3 Å². The van der Waals surface area contributed by atoms with Gasteiger partial charge in [-0.3, -0.25) is 4.99 Å². The highest BCUT2D eigenvalue weighted by molar-refractivity contribution is 5.80. The maximum Gasteiger partial charge on any atom is 0.191 e. The molecule has 164 valence electrons. The van der Waals surface area contributed by atoms with E-state index < -0.39 is 0 Å². The van der Waals surface area contributed by atoms with Crippen molar-refractivity contribution in [3.8, 4) is 11.5 Å². The van der Waals surface area contributed by atoms with Crippen LogP contribution in [0.1, 0.15) is 39.5 Å². The van der Waals surface area contributed by atoms with Gasteiger partial charge in [0.05, 0.1) is 14.2 Å². The highest BCUT2D eigenvalue weighted by Crippen LogP contribution is 2.30. The van der Waals surface area contributed by atoms with Crippen LogP contribution in [-0.4, -0.2) is 65.6 Å². The zero-order chi connectivity index (χ0) is 20.9. The Bertz CT molecular complexity index is 594. The van der Waals surface area contributed by atoms with Gasteiger partial charge in [0.15, 0.2) is 5.96 Å². The summed E-state index contributed by atoms with van der Waals surface area (Å²) < 4.78 is 16.2. The van der Waals surface area contributed by atoms with Gasteiger partial charge >= 0.3 is 0 Å².